The number of carbonyl (C=O) groups is 2. The second-order valence-electron chi connectivity index (χ2n) is 7.66. The molecule has 6 heteroatoms. The molecule has 0 aliphatic carbocycles. The van der Waals surface area contributed by atoms with Crippen molar-refractivity contribution in [1.82, 2.24) is 4.90 Å². The lowest BCUT2D eigenvalue weighted by Crippen LogP contribution is -2.34. The number of nitrogens with zero attached hydrogens (tertiary/aromatic N) is 1. The van der Waals surface area contributed by atoms with Crippen LogP contribution in [0.3, 0.4) is 0 Å². The van der Waals surface area contributed by atoms with Gasteiger partial charge in [0.1, 0.15) is 5.70 Å². The van der Waals surface area contributed by atoms with E-state index < -0.39 is 0 Å². The molecular formula is C24H27ClN2O3. The molecule has 1 heterocycles. The van der Waals surface area contributed by atoms with Crippen molar-refractivity contribution >= 4 is 34.7 Å². The van der Waals surface area contributed by atoms with Crippen molar-refractivity contribution in [2.45, 2.75) is 40.2 Å². The summed E-state index contributed by atoms with van der Waals surface area (Å²) in [5.41, 5.74) is 4.26. The topological polar surface area (TPSA) is 58.6 Å². The van der Waals surface area contributed by atoms with Crippen molar-refractivity contribution in [3.05, 3.63) is 69.9 Å². The zero-order chi connectivity index (χ0) is 21.8. The smallest absolute Gasteiger partial charge is 0.278 e. The van der Waals surface area contributed by atoms with Crippen LogP contribution in [0.25, 0.3) is 5.57 Å². The predicted octanol–water partition coefficient (Wildman–Crippen LogP) is 4.96. The highest BCUT2D eigenvalue weighted by Gasteiger charge is 2.39. The van der Waals surface area contributed by atoms with Gasteiger partial charge in [0.2, 0.25) is 0 Å². The molecule has 30 heavy (non-hydrogen) atoms. The molecule has 2 aromatic rings. The minimum atomic E-state index is -0.324. The van der Waals surface area contributed by atoms with Crippen LogP contribution in [-0.2, 0) is 14.3 Å². The molecule has 5 nitrogen and oxygen atoms in total. The molecule has 0 radical (unpaired) electrons. The Labute approximate surface area is 182 Å². The highest BCUT2D eigenvalue weighted by molar-refractivity contribution is 6.37. The van der Waals surface area contributed by atoms with Crippen LogP contribution in [0.4, 0.5) is 5.69 Å². The lowest BCUT2D eigenvalue weighted by atomic mass is 10.0. The van der Waals surface area contributed by atoms with Crippen LogP contribution in [0.2, 0.25) is 5.02 Å². The highest BCUT2D eigenvalue weighted by Crippen LogP contribution is 2.32. The van der Waals surface area contributed by atoms with Crippen molar-refractivity contribution in [1.29, 1.82) is 0 Å². The quantitative estimate of drug-likeness (QED) is 0.478. The average molecular weight is 427 g/mol. The molecule has 0 saturated heterocycles. The number of hydrogen-bond donors (Lipinski definition) is 1. The van der Waals surface area contributed by atoms with E-state index in [1.165, 1.54) is 4.90 Å². The molecule has 3 rings (SSSR count). The Hall–Kier alpha value is -2.63. The van der Waals surface area contributed by atoms with Gasteiger partial charge in [-0.15, -0.1) is 0 Å². The number of anilines is 1. The van der Waals surface area contributed by atoms with E-state index in [1.54, 1.807) is 24.3 Å². The predicted molar refractivity (Wildman–Crippen MR) is 120 cm³/mol. The molecule has 158 valence electrons. The van der Waals surface area contributed by atoms with Gasteiger partial charge in [-0.2, -0.15) is 0 Å². The Morgan fingerprint density at radius 2 is 1.73 bits per heavy atom. The summed E-state index contributed by atoms with van der Waals surface area (Å²) >= 11 is 6.02. The second kappa shape index (κ2) is 9.45. The van der Waals surface area contributed by atoms with Crippen LogP contribution in [0.5, 0.6) is 0 Å². The van der Waals surface area contributed by atoms with Crippen molar-refractivity contribution in [3.63, 3.8) is 0 Å². The molecule has 0 saturated carbocycles. The number of halogens is 1. The zero-order valence-corrected chi connectivity index (χ0v) is 18.5. The third-order valence-electron chi connectivity index (χ3n) is 5.14. The molecule has 0 bridgehead atoms. The lowest BCUT2D eigenvalue weighted by molar-refractivity contribution is -0.137. The first-order chi connectivity index (χ1) is 14.3. The minimum Gasteiger partial charge on any atom is -0.379 e. The van der Waals surface area contributed by atoms with Crippen LogP contribution in [0.1, 0.15) is 37.0 Å². The van der Waals surface area contributed by atoms with E-state index in [4.69, 9.17) is 16.3 Å². The monoisotopic (exact) mass is 426 g/mol. The van der Waals surface area contributed by atoms with Gasteiger partial charge in [-0.25, -0.2) is 0 Å². The summed E-state index contributed by atoms with van der Waals surface area (Å²) in [6, 6.07) is 12.8. The number of carbonyl (C=O) groups excluding carboxylic acids is 2. The van der Waals surface area contributed by atoms with Crippen LogP contribution in [0, 0.1) is 13.8 Å². The van der Waals surface area contributed by atoms with Gasteiger partial charge in [0, 0.05) is 23.9 Å². The SMILES string of the molecule is Cc1cccc(NC2=C(c3ccc(Cl)cc3)C(=O)N(CCCOC(C)C)C2=O)c1C. The van der Waals surface area contributed by atoms with E-state index in [0.29, 0.717) is 41.4 Å². The Balaban J connectivity index is 1.94. The number of imide groups is 1. The highest BCUT2D eigenvalue weighted by atomic mass is 35.5. The summed E-state index contributed by atoms with van der Waals surface area (Å²) in [4.78, 5) is 27.7. The average Bonchev–Trinajstić information content (AvgIpc) is 2.93. The number of aryl methyl sites for hydroxylation is 1. The van der Waals surface area contributed by atoms with E-state index in [2.05, 4.69) is 5.32 Å². The molecule has 0 atom stereocenters. The Morgan fingerprint density at radius 3 is 2.40 bits per heavy atom. The van der Waals surface area contributed by atoms with Gasteiger partial charge < -0.3 is 10.1 Å². The van der Waals surface area contributed by atoms with Crippen molar-refractivity contribution < 1.29 is 14.3 Å². The molecule has 0 fully saturated rings. The summed E-state index contributed by atoms with van der Waals surface area (Å²) in [6.07, 6.45) is 0.694. The summed E-state index contributed by atoms with van der Waals surface area (Å²) in [5.74, 6) is -0.630. The van der Waals surface area contributed by atoms with Gasteiger partial charge in [-0.05, 0) is 69.0 Å². The molecule has 0 unspecified atom stereocenters. The van der Waals surface area contributed by atoms with Crippen molar-refractivity contribution in [2.75, 3.05) is 18.5 Å². The number of hydrogen-bond acceptors (Lipinski definition) is 4. The molecule has 1 aliphatic heterocycles. The molecule has 0 spiro atoms. The Kier molecular flexibility index (Phi) is 6.95. The first-order valence-electron chi connectivity index (χ1n) is 10.1. The molecular weight excluding hydrogens is 400 g/mol. The maximum atomic E-state index is 13.2. The fourth-order valence-corrected chi connectivity index (χ4v) is 3.47. The maximum Gasteiger partial charge on any atom is 0.278 e. The standard InChI is InChI=1S/C24H27ClN2O3/c1-15(2)30-14-6-13-27-23(28)21(18-9-11-19(25)12-10-18)22(24(27)29)26-20-8-5-7-16(3)17(20)4/h5,7-12,15,26H,6,13-14H2,1-4H3. The Bertz CT molecular complexity index is 980. The first kappa shape index (κ1) is 22.1. The normalized spacial score (nSPS) is 14.3. The third kappa shape index (κ3) is 4.74. The summed E-state index contributed by atoms with van der Waals surface area (Å²) < 4.78 is 5.56. The first-order valence-corrected chi connectivity index (χ1v) is 10.5. The second-order valence-corrected chi connectivity index (χ2v) is 8.10. The van der Waals surface area contributed by atoms with Gasteiger partial charge in [0.05, 0.1) is 11.7 Å². The molecule has 0 aromatic heterocycles. The van der Waals surface area contributed by atoms with Crippen LogP contribution in [0.15, 0.2) is 48.2 Å². The van der Waals surface area contributed by atoms with Crippen molar-refractivity contribution in [2.24, 2.45) is 0 Å². The Morgan fingerprint density at radius 1 is 1.03 bits per heavy atom. The van der Waals surface area contributed by atoms with Gasteiger partial charge in [0.15, 0.2) is 0 Å². The summed E-state index contributed by atoms with van der Waals surface area (Å²) in [6.45, 7) is 8.71. The van der Waals surface area contributed by atoms with Gasteiger partial charge in [0.25, 0.3) is 11.8 Å². The van der Waals surface area contributed by atoms with Gasteiger partial charge in [-0.3, -0.25) is 14.5 Å². The van der Waals surface area contributed by atoms with Gasteiger partial charge >= 0.3 is 0 Å². The number of ether oxygens (including phenoxy) is 1. The third-order valence-corrected chi connectivity index (χ3v) is 5.39. The van der Waals surface area contributed by atoms with Crippen LogP contribution < -0.4 is 5.32 Å². The number of benzene rings is 2. The number of amides is 2. The molecule has 2 aromatic carbocycles. The zero-order valence-electron chi connectivity index (χ0n) is 17.8. The van der Waals surface area contributed by atoms with Crippen molar-refractivity contribution in [3.8, 4) is 0 Å². The van der Waals surface area contributed by atoms with E-state index in [1.807, 2.05) is 45.9 Å². The summed E-state index contributed by atoms with van der Waals surface area (Å²) in [7, 11) is 0. The lowest BCUT2D eigenvalue weighted by Gasteiger charge is -2.16. The van der Waals surface area contributed by atoms with Gasteiger partial charge in [-0.1, -0.05) is 35.9 Å². The maximum absolute atomic E-state index is 13.2. The van der Waals surface area contributed by atoms with Crippen LogP contribution >= 0.6 is 11.6 Å². The van der Waals surface area contributed by atoms with E-state index in [9.17, 15) is 9.59 Å². The molecule has 1 N–H and O–H groups in total. The molecule has 1 aliphatic rings. The van der Waals surface area contributed by atoms with E-state index in [-0.39, 0.29) is 17.9 Å². The fraction of sp³-hybridized carbons (Fsp3) is 0.333. The summed E-state index contributed by atoms with van der Waals surface area (Å²) in [5, 5.41) is 3.81. The minimum absolute atomic E-state index is 0.110. The van der Waals surface area contributed by atoms with E-state index in [0.717, 1.165) is 16.8 Å². The van der Waals surface area contributed by atoms with E-state index >= 15 is 0 Å². The molecule has 2 amide bonds. The van der Waals surface area contributed by atoms with Crippen LogP contribution in [-0.4, -0.2) is 36.0 Å². The fourth-order valence-electron chi connectivity index (χ4n) is 3.34. The largest absolute Gasteiger partial charge is 0.379 e. The number of rotatable bonds is 8. The number of nitrogens with one attached hydrogen (secondary N) is 1.